The summed E-state index contributed by atoms with van der Waals surface area (Å²) < 4.78 is 8.80. The number of hydrogen-bond acceptors (Lipinski definition) is 6. The lowest BCUT2D eigenvalue weighted by Gasteiger charge is -2.12. The summed E-state index contributed by atoms with van der Waals surface area (Å²) in [6.07, 6.45) is 2.38. The number of aryl methyl sites for hydroxylation is 1. The Hall–Kier alpha value is -3.07. The molecule has 3 heterocycles. The van der Waals surface area contributed by atoms with Crippen molar-refractivity contribution in [3.8, 4) is 0 Å². The third-order valence-corrected chi connectivity index (χ3v) is 5.53. The maximum Gasteiger partial charge on any atom is 0.262 e. The SMILES string of the molecule is CCCn1c(=O)c2ccccc2n2c(SCC(=O)NC(C)c3ccco3)nnc12. The Bertz CT molecular complexity index is 1210. The topological polar surface area (TPSA) is 94.4 Å². The number of fused-ring (bicyclic) bond motifs is 3. The molecule has 150 valence electrons. The fraction of sp³-hybridized carbons (Fsp3) is 0.300. The van der Waals surface area contributed by atoms with E-state index in [2.05, 4.69) is 15.5 Å². The number of benzene rings is 1. The number of aromatic nitrogens is 4. The quantitative estimate of drug-likeness (QED) is 0.470. The maximum atomic E-state index is 12.8. The molecular formula is C20H21N5O3S. The van der Waals surface area contributed by atoms with Crippen LogP contribution in [-0.4, -0.2) is 30.8 Å². The second-order valence-corrected chi connectivity index (χ2v) is 7.63. The molecular weight excluding hydrogens is 390 g/mol. The second kappa shape index (κ2) is 8.12. The first-order valence-corrected chi connectivity index (χ1v) is 10.4. The van der Waals surface area contributed by atoms with E-state index in [1.54, 1.807) is 23.0 Å². The summed E-state index contributed by atoms with van der Waals surface area (Å²) in [4.78, 5) is 25.2. The fourth-order valence-electron chi connectivity index (χ4n) is 3.27. The summed E-state index contributed by atoms with van der Waals surface area (Å²) in [5.74, 6) is 1.22. The van der Waals surface area contributed by atoms with Gasteiger partial charge < -0.3 is 9.73 Å². The Kier molecular flexibility index (Phi) is 5.39. The van der Waals surface area contributed by atoms with E-state index >= 15 is 0 Å². The molecule has 0 saturated carbocycles. The molecule has 0 spiro atoms. The zero-order valence-corrected chi connectivity index (χ0v) is 17.0. The molecule has 8 nitrogen and oxygen atoms in total. The predicted molar refractivity (Wildman–Crippen MR) is 111 cm³/mol. The van der Waals surface area contributed by atoms with Gasteiger partial charge in [0.25, 0.3) is 5.56 Å². The van der Waals surface area contributed by atoms with Crippen LogP contribution in [0.4, 0.5) is 0 Å². The Morgan fingerprint density at radius 2 is 2.07 bits per heavy atom. The first-order chi connectivity index (χ1) is 14.1. The molecule has 0 bridgehead atoms. The van der Waals surface area contributed by atoms with Gasteiger partial charge in [-0.05, 0) is 37.6 Å². The van der Waals surface area contributed by atoms with Gasteiger partial charge in [-0.3, -0.25) is 18.6 Å². The van der Waals surface area contributed by atoms with Crippen LogP contribution >= 0.6 is 11.8 Å². The van der Waals surface area contributed by atoms with Crippen LogP contribution in [0.5, 0.6) is 0 Å². The number of amides is 1. The van der Waals surface area contributed by atoms with Gasteiger partial charge in [0.1, 0.15) is 5.76 Å². The van der Waals surface area contributed by atoms with Crippen molar-refractivity contribution in [3.05, 3.63) is 58.8 Å². The monoisotopic (exact) mass is 411 g/mol. The van der Waals surface area contributed by atoms with Gasteiger partial charge in [-0.1, -0.05) is 30.8 Å². The first kappa shape index (κ1) is 19.3. The van der Waals surface area contributed by atoms with Crippen LogP contribution in [-0.2, 0) is 11.3 Å². The molecule has 4 aromatic rings. The highest BCUT2D eigenvalue weighted by atomic mass is 32.2. The number of nitrogens with zero attached hydrogens (tertiary/aromatic N) is 4. The van der Waals surface area contributed by atoms with E-state index in [-0.39, 0.29) is 23.3 Å². The van der Waals surface area contributed by atoms with Gasteiger partial charge in [-0.15, -0.1) is 10.2 Å². The van der Waals surface area contributed by atoms with Crippen LogP contribution in [0.15, 0.2) is 57.0 Å². The molecule has 1 aromatic carbocycles. The predicted octanol–water partition coefficient (Wildman–Crippen LogP) is 3.02. The van der Waals surface area contributed by atoms with E-state index in [0.29, 0.717) is 28.6 Å². The maximum absolute atomic E-state index is 12.8. The Morgan fingerprint density at radius 3 is 2.83 bits per heavy atom. The van der Waals surface area contributed by atoms with Crippen LogP contribution in [0.3, 0.4) is 0 Å². The van der Waals surface area contributed by atoms with Crippen molar-refractivity contribution in [2.75, 3.05) is 5.75 Å². The lowest BCUT2D eigenvalue weighted by Crippen LogP contribution is -2.28. The number of carbonyl (C=O) groups is 1. The Balaban J connectivity index is 1.63. The molecule has 4 rings (SSSR count). The number of nitrogens with one attached hydrogen (secondary N) is 1. The van der Waals surface area contributed by atoms with Crippen molar-refractivity contribution in [3.63, 3.8) is 0 Å². The molecule has 3 aromatic heterocycles. The highest BCUT2D eigenvalue weighted by molar-refractivity contribution is 7.99. The van der Waals surface area contributed by atoms with E-state index < -0.39 is 0 Å². The summed E-state index contributed by atoms with van der Waals surface area (Å²) in [6.45, 7) is 4.43. The van der Waals surface area contributed by atoms with Crippen molar-refractivity contribution in [1.29, 1.82) is 0 Å². The van der Waals surface area contributed by atoms with E-state index in [1.807, 2.05) is 42.5 Å². The van der Waals surface area contributed by atoms with Crippen molar-refractivity contribution in [2.24, 2.45) is 0 Å². The summed E-state index contributed by atoms with van der Waals surface area (Å²) >= 11 is 1.28. The van der Waals surface area contributed by atoms with E-state index in [9.17, 15) is 9.59 Å². The minimum atomic E-state index is -0.219. The molecule has 1 atom stereocenters. The molecule has 0 aliphatic carbocycles. The van der Waals surface area contributed by atoms with Crippen LogP contribution < -0.4 is 10.9 Å². The molecule has 1 N–H and O–H groups in total. The van der Waals surface area contributed by atoms with Crippen LogP contribution in [0.2, 0.25) is 0 Å². The lowest BCUT2D eigenvalue weighted by atomic mass is 10.2. The van der Waals surface area contributed by atoms with Crippen molar-refractivity contribution < 1.29 is 9.21 Å². The molecule has 1 amide bonds. The highest BCUT2D eigenvalue weighted by Gasteiger charge is 2.18. The third kappa shape index (κ3) is 3.65. The van der Waals surface area contributed by atoms with Crippen molar-refractivity contribution >= 4 is 34.3 Å². The van der Waals surface area contributed by atoms with Gasteiger partial charge in [-0.25, -0.2) is 0 Å². The number of rotatable bonds is 7. The molecule has 29 heavy (non-hydrogen) atoms. The third-order valence-electron chi connectivity index (χ3n) is 4.61. The largest absolute Gasteiger partial charge is 0.467 e. The molecule has 0 radical (unpaired) electrons. The average Bonchev–Trinajstić information content (AvgIpc) is 3.40. The normalized spacial score (nSPS) is 12.5. The van der Waals surface area contributed by atoms with Gasteiger partial charge in [-0.2, -0.15) is 0 Å². The molecule has 9 heteroatoms. The zero-order chi connectivity index (χ0) is 20.4. The van der Waals surface area contributed by atoms with E-state index in [4.69, 9.17) is 4.42 Å². The van der Waals surface area contributed by atoms with Gasteiger partial charge in [0, 0.05) is 6.54 Å². The Morgan fingerprint density at radius 1 is 1.24 bits per heavy atom. The molecule has 0 saturated heterocycles. The van der Waals surface area contributed by atoms with Gasteiger partial charge >= 0.3 is 0 Å². The molecule has 0 aliphatic heterocycles. The van der Waals surface area contributed by atoms with E-state index in [0.717, 1.165) is 11.9 Å². The van der Waals surface area contributed by atoms with Gasteiger partial charge in [0.15, 0.2) is 5.16 Å². The zero-order valence-electron chi connectivity index (χ0n) is 16.2. The van der Waals surface area contributed by atoms with Crippen LogP contribution in [0.25, 0.3) is 16.7 Å². The number of furan rings is 1. The van der Waals surface area contributed by atoms with Crippen LogP contribution in [0, 0.1) is 0 Å². The summed E-state index contributed by atoms with van der Waals surface area (Å²) in [7, 11) is 0. The number of carbonyl (C=O) groups excluding carboxylic acids is 1. The molecule has 0 aliphatic rings. The van der Waals surface area contributed by atoms with Gasteiger partial charge in [0.2, 0.25) is 11.7 Å². The number of hydrogen-bond donors (Lipinski definition) is 1. The minimum absolute atomic E-state index is 0.0797. The summed E-state index contributed by atoms with van der Waals surface area (Å²) in [5, 5.41) is 12.6. The smallest absolute Gasteiger partial charge is 0.262 e. The summed E-state index contributed by atoms with van der Waals surface area (Å²) in [6, 6.07) is 10.8. The standard InChI is InChI=1S/C20H21N5O3S/c1-3-10-24-18(27)14-7-4-5-8-15(14)25-19(24)22-23-20(25)29-12-17(26)21-13(2)16-9-6-11-28-16/h4-9,11,13H,3,10,12H2,1-2H3,(H,21,26). The Labute approximate surface area is 170 Å². The minimum Gasteiger partial charge on any atom is -0.467 e. The molecule has 0 fully saturated rings. The number of para-hydroxylation sites is 1. The van der Waals surface area contributed by atoms with Crippen molar-refractivity contribution in [2.45, 2.75) is 38.0 Å². The van der Waals surface area contributed by atoms with Crippen LogP contribution in [0.1, 0.15) is 32.1 Å². The lowest BCUT2D eigenvalue weighted by molar-refractivity contribution is -0.119. The van der Waals surface area contributed by atoms with Crippen molar-refractivity contribution in [1.82, 2.24) is 24.5 Å². The molecule has 1 unspecified atom stereocenters. The fourth-order valence-corrected chi connectivity index (χ4v) is 4.03. The van der Waals surface area contributed by atoms with E-state index in [1.165, 1.54) is 11.8 Å². The highest BCUT2D eigenvalue weighted by Crippen LogP contribution is 2.22. The first-order valence-electron chi connectivity index (χ1n) is 9.42. The number of thioether (sulfide) groups is 1. The average molecular weight is 411 g/mol. The summed E-state index contributed by atoms with van der Waals surface area (Å²) in [5.41, 5.74) is 0.653. The van der Waals surface area contributed by atoms with Gasteiger partial charge in [0.05, 0.1) is 29.0 Å². The second-order valence-electron chi connectivity index (χ2n) is 6.69.